The summed E-state index contributed by atoms with van der Waals surface area (Å²) in [6.45, 7) is 2.27. The minimum absolute atomic E-state index is 0.130. The zero-order valence-electron chi connectivity index (χ0n) is 15.6. The van der Waals surface area contributed by atoms with Gasteiger partial charge in [-0.05, 0) is 35.2 Å². The molecular formula is C25H28S. The van der Waals surface area contributed by atoms with Gasteiger partial charge in [0.05, 0.1) is 0 Å². The van der Waals surface area contributed by atoms with Crippen LogP contribution in [0, 0.1) is 0 Å². The van der Waals surface area contributed by atoms with Crippen LogP contribution in [0.25, 0.3) is 0 Å². The van der Waals surface area contributed by atoms with E-state index in [9.17, 15) is 0 Å². The Bertz CT molecular complexity index is 753. The van der Waals surface area contributed by atoms with E-state index in [1.807, 2.05) is 0 Å². The highest BCUT2D eigenvalue weighted by Gasteiger charge is 2.35. The van der Waals surface area contributed by atoms with Crippen molar-refractivity contribution in [2.24, 2.45) is 0 Å². The van der Waals surface area contributed by atoms with Gasteiger partial charge in [0.2, 0.25) is 0 Å². The zero-order valence-corrected chi connectivity index (χ0v) is 16.5. The molecule has 0 aliphatic heterocycles. The van der Waals surface area contributed by atoms with Gasteiger partial charge in [0.25, 0.3) is 0 Å². The first kappa shape index (κ1) is 18.8. The van der Waals surface area contributed by atoms with Crippen molar-refractivity contribution in [3.8, 4) is 0 Å². The average molecular weight is 361 g/mol. The third-order valence-electron chi connectivity index (χ3n) is 5.28. The van der Waals surface area contributed by atoms with Crippen molar-refractivity contribution in [3.05, 3.63) is 102 Å². The molecule has 0 aliphatic rings. The van der Waals surface area contributed by atoms with Crippen molar-refractivity contribution in [1.82, 2.24) is 0 Å². The van der Waals surface area contributed by atoms with E-state index in [0.29, 0.717) is 0 Å². The highest BCUT2D eigenvalue weighted by Crippen LogP contribution is 2.43. The van der Waals surface area contributed by atoms with Gasteiger partial charge < -0.3 is 0 Å². The lowest BCUT2D eigenvalue weighted by molar-refractivity contribution is 0.506. The van der Waals surface area contributed by atoms with Gasteiger partial charge in [0.1, 0.15) is 0 Å². The number of hydrogen-bond acceptors (Lipinski definition) is 1. The molecule has 3 aromatic rings. The summed E-state index contributed by atoms with van der Waals surface area (Å²) in [5, 5.41) is 0. The van der Waals surface area contributed by atoms with Crippen LogP contribution in [0.15, 0.2) is 89.8 Å². The molecule has 0 saturated carbocycles. The Morgan fingerprint density at radius 2 is 1.23 bits per heavy atom. The number of thiol groups is 1. The van der Waals surface area contributed by atoms with Crippen molar-refractivity contribution in [3.63, 3.8) is 0 Å². The van der Waals surface area contributed by atoms with Crippen LogP contribution in [0.1, 0.15) is 55.7 Å². The van der Waals surface area contributed by atoms with Crippen molar-refractivity contribution in [1.29, 1.82) is 0 Å². The summed E-state index contributed by atoms with van der Waals surface area (Å²) >= 11 is 4.64. The highest BCUT2D eigenvalue weighted by atomic mass is 32.1. The van der Waals surface area contributed by atoms with Crippen LogP contribution in [0.4, 0.5) is 0 Å². The van der Waals surface area contributed by atoms with Gasteiger partial charge in [-0.3, -0.25) is 0 Å². The predicted octanol–water partition coefficient (Wildman–Crippen LogP) is 7.28. The molecule has 0 fully saturated rings. The fraction of sp³-hybridized carbons (Fsp3) is 0.280. The van der Waals surface area contributed by atoms with Crippen molar-refractivity contribution in [2.45, 2.75) is 49.3 Å². The van der Waals surface area contributed by atoms with Crippen LogP contribution < -0.4 is 0 Å². The van der Waals surface area contributed by atoms with Gasteiger partial charge in [-0.2, -0.15) is 0 Å². The maximum atomic E-state index is 4.64. The first-order valence-corrected chi connectivity index (χ1v) is 10.1. The standard InChI is InChI=1S/C25H28S/c1-2-3-4-11-19-25(21-13-7-5-8-14-21,22-15-9-6-10-16-22)23-17-12-18-24(26)20-23/h5-10,12-18,20,26H,2-4,11,19H2,1H3. The SMILES string of the molecule is CCCCCCC(c1ccccc1)(c1ccccc1)c1cccc(S)c1. The van der Waals surface area contributed by atoms with Crippen molar-refractivity contribution < 1.29 is 0 Å². The molecule has 3 rings (SSSR count). The normalized spacial score (nSPS) is 11.5. The Morgan fingerprint density at radius 1 is 0.654 bits per heavy atom. The molecule has 134 valence electrons. The Kier molecular flexibility index (Phi) is 6.57. The minimum Gasteiger partial charge on any atom is -0.143 e. The third kappa shape index (κ3) is 4.04. The summed E-state index contributed by atoms with van der Waals surface area (Å²) in [7, 11) is 0. The van der Waals surface area contributed by atoms with Gasteiger partial charge in [-0.25, -0.2) is 0 Å². The Labute approximate surface area is 163 Å². The molecular weight excluding hydrogens is 332 g/mol. The molecule has 0 atom stereocenters. The van der Waals surface area contributed by atoms with Crippen LogP contribution in [-0.4, -0.2) is 0 Å². The van der Waals surface area contributed by atoms with E-state index in [0.717, 1.165) is 11.3 Å². The molecule has 0 radical (unpaired) electrons. The van der Waals surface area contributed by atoms with Gasteiger partial charge in [0.15, 0.2) is 0 Å². The third-order valence-corrected chi connectivity index (χ3v) is 5.56. The number of rotatable bonds is 8. The Morgan fingerprint density at radius 3 is 1.77 bits per heavy atom. The molecule has 0 unspecified atom stereocenters. The second-order valence-corrected chi connectivity index (χ2v) is 7.51. The second-order valence-electron chi connectivity index (χ2n) is 7.00. The lowest BCUT2D eigenvalue weighted by Crippen LogP contribution is -2.29. The molecule has 26 heavy (non-hydrogen) atoms. The van der Waals surface area contributed by atoms with Crippen LogP contribution in [-0.2, 0) is 5.41 Å². The van der Waals surface area contributed by atoms with Crippen LogP contribution in [0.5, 0.6) is 0 Å². The van der Waals surface area contributed by atoms with E-state index in [1.54, 1.807) is 0 Å². The van der Waals surface area contributed by atoms with E-state index in [-0.39, 0.29) is 5.41 Å². The monoisotopic (exact) mass is 360 g/mol. The van der Waals surface area contributed by atoms with Gasteiger partial charge in [-0.1, -0.05) is 105 Å². The molecule has 0 N–H and O–H groups in total. The zero-order chi connectivity index (χ0) is 18.2. The minimum atomic E-state index is -0.130. The number of benzene rings is 3. The maximum Gasteiger partial charge on any atom is 0.0451 e. The molecule has 0 nitrogen and oxygen atoms in total. The summed E-state index contributed by atoms with van der Waals surface area (Å²) in [6.07, 6.45) is 6.16. The molecule has 3 aromatic carbocycles. The van der Waals surface area contributed by atoms with Crippen molar-refractivity contribution >= 4 is 12.6 Å². The molecule has 0 bridgehead atoms. The molecule has 1 heteroatoms. The average Bonchev–Trinajstić information content (AvgIpc) is 2.70. The van der Waals surface area contributed by atoms with Crippen LogP contribution in [0.2, 0.25) is 0 Å². The van der Waals surface area contributed by atoms with E-state index >= 15 is 0 Å². The Hall–Kier alpha value is -1.99. The second kappa shape index (κ2) is 9.09. The summed E-state index contributed by atoms with van der Waals surface area (Å²) < 4.78 is 0. The summed E-state index contributed by atoms with van der Waals surface area (Å²) in [5.41, 5.74) is 3.93. The first-order valence-electron chi connectivity index (χ1n) is 9.68. The van der Waals surface area contributed by atoms with Crippen molar-refractivity contribution in [2.75, 3.05) is 0 Å². The van der Waals surface area contributed by atoms with Gasteiger partial charge in [-0.15, -0.1) is 12.6 Å². The smallest absolute Gasteiger partial charge is 0.0451 e. The van der Waals surface area contributed by atoms with E-state index in [1.165, 1.54) is 42.4 Å². The van der Waals surface area contributed by atoms with Crippen LogP contribution in [0.3, 0.4) is 0 Å². The summed E-state index contributed by atoms with van der Waals surface area (Å²) in [5.74, 6) is 0. The predicted molar refractivity (Wildman–Crippen MR) is 115 cm³/mol. The topological polar surface area (TPSA) is 0 Å². The highest BCUT2D eigenvalue weighted by molar-refractivity contribution is 7.80. The fourth-order valence-corrected chi connectivity index (χ4v) is 4.19. The van der Waals surface area contributed by atoms with E-state index in [4.69, 9.17) is 0 Å². The summed E-state index contributed by atoms with van der Waals surface area (Å²) in [6, 6.07) is 30.6. The number of unbranched alkanes of at least 4 members (excludes halogenated alkanes) is 3. The van der Waals surface area contributed by atoms with Crippen LogP contribution >= 0.6 is 12.6 Å². The largest absolute Gasteiger partial charge is 0.143 e. The molecule has 0 spiro atoms. The quantitative estimate of drug-likeness (QED) is 0.243. The Balaban J connectivity index is 2.17. The summed E-state index contributed by atoms with van der Waals surface area (Å²) in [4.78, 5) is 1.02. The molecule has 0 saturated heterocycles. The molecule has 0 aromatic heterocycles. The molecule has 0 aliphatic carbocycles. The lowest BCUT2D eigenvalue weighted by Gasteiger charge is -2.36. The van der Waals surface area contributed by atoms with Gasteiger partial charge >= 0.3 is 0 Å². The molecule has 0 heterocycles. The molecule has 0 amide bonds. The van der Waals surface area contributed by atoms with E-state index in [2.05, 4.69) is 104 Å². The fourth-order valence-electron chi connectivity index (χ4n) is 3.97. The van der Waals surface area contributed by atoms with E-state index < -0.39 is 0 Å². The van der Waals surface area contributed by atoms with Gasteiger partial charge in [0, 0.05) is 10.3 Å². The maximum absolute atomic E-state index is 4.64. The first-order chi connectivity index (χ1) is 12.8. The number of hydrogen-bond donors (Lipinski definition) is 1. The lowest BCUT2D eigenvalue weighted by atomic mass is 9.66.